The zero-order valence-corrected chi connectivity index (χ0v) is 12.9. The van der Waals surface area contributed by atoms with E-state index >= 15 is 0 Å². The summed E-state index contributed by atoms with van der Waals surface area (Å²) in [5.41, 5.74) is 9.09. The largest absolute Gasteiger partial charge is 0.391 e. The summed E-state index contributed by atoms with van der Waals surface area (Å²) in [7, 11) is 0. The summed E-state index contributed by atoms with van der Waals surface area (Å²) in [6.07, 6.45) is -0.136. The Morgan fingerprint density at radius 2 is 2.29 bits per heavy atom. The lowest BCUT2D eigenvalue weighted by molar-refractivity contribution is 0.00405. The fourth-order valence-corrected chi connectivity index (χ4v) is 2.93. The van der Waals surface area contributed by atoms with Crippen molar-refractivity contribution in [1.82, 2.24) is 9.88 Å². The van der Waals surface area contributed by atoms with Crippen LogP contribution < -0.4 is 5.73 Å². The quantitative estimate of drug-likeness (QED) is 0.879. The molecule has 1 aliphatic rings. The van der Waals surface area contributed by atoms with Gasteiger partial charge in [0, 0.05) is 30.7 Å². The summed E-state index contributed by atoms with van der Waals surface area (Å²) in [6.45, 7) is 5.23. The Morgan fingerprint density at radius 3 is 3.10 bits per heavy atom. The number of hydrogen-bond donors (Lipinski definition) is 1. The van der Waals surface area contributed by atoms with Gasteiger partial charge in [-0.3, -0.25) is 9.88 Å². The van der Waals surface area contributed by atoms with Gasteiger partial charge in [0.15, 0.2) is 0 Å². The van der Waals surface area contributed by atoms with E-state index in [1.54, 1.807) is 0 Å². The van der Waals surface area contributed by atoms with Crippen LogP contribution in [0.5, 0.6) is 0 Å². The van der Waals surface area contributed by atoms with Crippen molar-refractivity contribution < 1.29 is 4.74 Å². The van der Waals surface area contributed by atoms with Crippen molar-refractivity contribution in [3.05, 3.63) is 41.6 Å². The average Bonchev–Trinajstić information content (AvgIpc) is 2.47. The third kappa shape index (κ3) is 3.20. The van der Waals surface area contributed by atoms with Gasteiger partial charge in [-0.2, -0.15) is 0 Å². The molecule has 0 aliphatic carbocycles. The van der Waals surface area contributed by atoms with Crippen molar-refractivity contribution in [2.45, 2.75) is 19.6 Å². The van der Waals surface area contributed by atoms with E-state index in [1.807, 2.05) is 13.0 Å². The van der Waals surface area contributed by atoms with Crippen LogP contribution in [0, 0.1) is 6.92 Å². The molecule has 110 valence electrons. The van der Waals surface area contributed by atoms with E-state index in [4.69, 9.17) is 22.7 Å². The van der Waals surface area contributed by atoms with Gasteiger partial charge in [-0.15, -0.1) is 0 Å². The van der Waals surface area contributed by atoms with E-state index in [2.05, 4.69) is 34.1 Å². The van der Waals surface area contributed by atoms with Crippen LogP contribution in [0.2, 0.25) is 0 Å². The fraction of sp³-hybridized carbons (Fsp3) is 0.375. The molecule has 1 saturated heterocycles. The number of morpholine rings is 1. The maximum Gasteiger partial charge on any atom is 0.120 e. The van der Waals surface area contributed by atoms with Gasteiger partial charge in [-0.05, 0) is 24.6 Å². The van der Waals surface area contributed by atoms with E-state index in [9.17, 15) is 0 Å². The van der Waals surface area contributed by atoms with Gasteiger partial charge in [0.25, 0.3) is 0 Å². The predicted molar refractivity (Wildman–Crippen MR) is 88.3 cm³/mol. The molecule has 1 fully saturated rings. The molecule has 1 aromatic heterocycles. The molecule has 0 amide bonds. The molecule has 1 unspecified atom stereocenters. The van der Waals surface area contributed by atoms with Crippen molar-refractivity contribution >= 4 is 28.1 Å². The monoisotopic (exact) mass is 301 g/mol. The van der Waals surface area contributed by atoms with Gasteiger partial charge in [0.1, 0.15) is 11.1 Å². The summed E-state index contributed by atoms with van der Waals surface area (Å²) in [6, 6.07) is 10.4. The van der Waals surface area contributed by atoms with Gasteiger partial charge in [0.05, 0.1) is 12.1 Å². The lowest BCUT2D eigenvalue weighted by atomic mass is 10.1. The molecule has 21 heavy (non-hydrogen) atoms. The Hall–Kier alpha value is -1.56. The second-order valence-electron chi connectivity index (χ2n) is 5.44. The maximum atomic E-state index is 5.71. The highest BCUT2D eigenvalue weighted by atomic mass is 32.1. The normalized spacial score (nSPS) is 19.8. The number of rotatable bonds is 3. The van der Waals surface area contributed by atoms with Crippen LogP contribution in [-0.4, -0.2) is 40.7 Å². The van der Waals surface area contributed by atoms with Crippen LogP contribution in [0.3, 0.4) is 0 Å². The van der Waals surface area contributed by atoms with E-state index < -0.39 is 0 Å². The van der Waals surface area contributed by atoms with Crippen molar-refractivity contribution in [3.8, 4) is 0 Å². The smallest absolute Gasteiger partial charge is 0.120 e. The van der Waals surface area contributed by atoms with Gasteiger partial charge < -0.3 is 10.5 Å². The maximum absolute atomic E-state index is 5.71. The number of pyridine rings is 1. The molecule has 0 saturated carbocycles. The van der Waals surface area contributed by atoms with Gasteiger partial charge in [0.2, 0.25) is 0 Å². The molecule has 1 atom stereocenters. The Balaban J connectivity index is 1.86. The first-order valence-electron chi connectivity index (χ1n) is 7.12. The zero-order chi connectivity index (χ0) is 14.8. The second-order valence-corrected chi connectivity index (χ2v) is 5.91. The SMILES string of the molecule is Cc1cc(CN2CCOC(C(N)=S)C2)c2ccccc2n1. The van der Waals surface area contributed by atoms with Crippen LogP contribution in [-0.2, 0) is 11.3 Å². The molecule has 4 nitrogen and oxygen atoms in total. The van der Waals surface area contributed by atoms with Crippen LogP contribution in [0.25, 0.3) is 10.9 Å². The van der Waals surface area contributed by atoms with Crippen LogP contribution >= 0.6 is 12.2 Å². The van der Waals surface area contributed by atoms with Crippen molar-refractivity contribution in [2.75, 3.05) is 19.7 Å². The second kappa shape index (κ2) is 6.05. The van der Waals surface area contributed by atoms with Crippen LogP contribution in [0.1, 0.15) is 11.3 Å². The highest BCUT2D eigenvalue weighted by Crippen LogP contribution is 2.20. The third-order valence-corrected chi connectivity index (χ3v) is 4.05. The molecular formula is C16H19N3OS. The number of nitrogens with two attached hydrogens (primary N) is 1. The molecule has 2 N–H and O–H groups in total. The molecule has 1 aromatic carbocycles. The van der Waals surface area contributed by atoms with Gasteiger partial charge in [-0.25, -0.2) is 0 Å². The van der Waals surface area contributed by atoms with Crippen LogP contribution in [0.4, 0.5) is 0 Å². The molecule has 0 radical (unpaired) electrons. The average molecular weight is 301 g/mol. The third-order valence-electron chi connectivity index (χ3n) is 3.79. The van der Waals surface area contributed by atoms with E-state index in [0.717, 1.165) is 30.8 Å². The number of fused-ring (bicyclic) bond motifs is 1. The summed E-state index contributed by atoms with van der Waals surface area (Å²) < 4.78 is 5.60. The van der Waals surface area contributed by atoms with Crippen molar-refractivity contribution in [2.24, 2.45) is 5.73 Å². The number of thiocarbonyl (C=S) groups is 1. The standard InChI is InChI=1S/C16H19N3OS/c1-11-8-12(13-4-2-3-5-14(13)18-11)9-19-6-7-20-15(10-19)16(17)21/h2-5,8,15H,6-7,9-10H2,1H3,(H2,17,21). The number of benzene rings is 1. The predicted octanol–water partition coefficient (Wildman–Crippen LogP) is 2.03. The summed E-state index contributed by atoms with van der Waals surface area (Å²) in [4.78, 5) is 7.37. The summed E-state index contributed by atoms with van der Waals surface area (Å²) in [5.74, 6) is 0. The molecule has 3 rings (SSSR count). The lowest BCUT2D eigenvalue weighted by Crippen LogP contribution is -2.47. The molecule has 0 spiro atoms. The molecule has 5 heteroatoms. The molecule has 2 aromatic rings. The Bertz CT molecular complexity index is 674. The van der Waals surface area contributed by atoms with E-state index in [0.29, 0.717) is 11.6 Å². The molecule has 2 heterocycles. The molecule has 0 bridgehead atoms. The summed E-state index contributed by atoms with van der Waals surface area (Å²) in [5, 5.41) is 1.21. The first-order valence-corrected chi connectivity index (χ1v) is 7.53. The minimum atomic E-state index is -0.136. The van der Waals surface area contributed by atoms with Crippen molar-refractivity contribution in [3.63, 3.8) is 0 Å². The number of aromatic nitrogens is 1. The Labute approximate surface area is 129 Å². The molecular weight excluding hydrogens is 282 g/mol. The highest BCUT2D eigenvalue weighted by Gasteiger charge is 2.23. The number of ether oxygens (including phenoxy) is 1. The molecule has 1 aliphatic heterocycles. The zero-order valence-electron chi connectivity index (χ0n) is 12.1. The number of hydrogen-bond acceptors (Lipinski definition) is 4. The van der Waals surface area contributed by atoms with Gasteiger partial charge >= 0.3 is 0 Å². The Morgan fingerprint density at radius 1 is 1.48 bits per heavy atom. The van der Waals surface area contributed by atoms with Gasteiger partial charge in [-0.1, -0.05) is 30.4 Å². The first-order chi connectivity index (χ1) is 10.1. The van der Waals surface area contributed by atoms with E-state index in [-0.39, 0.29) is 6.10 Å². The number of nitrogens with zero attached hydrogens (tertiary/aromatic N) is 2. The van der Waals surface area contributed by atoms with Crippen LogP contribution in [0.15, 0.2) is 30.3 Å². The highest BCUT2D eigenvalue weighted by molar-refractivity contribution is 7.80. The minimum absolute atomic E-state index is 0.136. The number of aryl methyl sites for hydroxylation is 1. The number of para-hydroxylation sites is 1. The fourth-order valence-electron chi connectivity index (χ4n) is 2.78. The summed E-state index contributed by atoms with van der Waals surface area (Å²) >= 11 is 5.05. The topological polar surface area (TPSA) is 51.4 Å². The lowest BCUT2D eigenvalue weighted by Gasteiger charge is -2.32. The minimum Gasteiger partial charge on any atom is -0.391 e. The first kappa shape index (κ1) is 14.4. The van der Waals surface area contributed by atoms with E-state index in [1.165, 1.54) is 10.9 Å². The Kier molecular flexibility index (Phi) is 4.14. The van der Waals surface area contributed by atoms with Crippen molar-refractivity contribution in [1.29, 1.82) is 0 Å².